The van der Waals surface area contributed by atoms with E-state index in [1.54, 1.807) is 18.5 Å². The summed E-state index contributed by atoms with van der Waals surface area (Å²) in [6, 6.07) is 11.2. The minimum Gasteiger partial charge on any atom is -0.345 e. The van der Waals surface area contributed by atoms with E-state index in [2.05, 4.69) is 31.2 Å². The highest BCUT2D eigenvalue weighted by Crippen LogP contribution is 2.20. The van der Waals surface area contributed by atoms with Crippen LogP contribution in [0.4, 0.5) is 5.69 Å². The van der Waals surface area contributed by atoms with E-state index in [1.807, 2.05) is 31.2 Å². The van der Waals surface area contributed by atoms with Crippen LogP contribution in [-0.2, 0) is 0 Å². The Balaban J connectivity index is 1.88. The molecule has 0 saturated carbocycles. The molecular formula is C15H12BrN3O. The minimum atomic E-state index is -0.140. The second kappa shape index (κ2) is 5.09. The molecule has 3 rings (SSSR count). The largest absolute Gasteiger partial charge is 0.345 e. The number of nitrogens with zero attached hydrogens (tertiary/aromatic N) is 1. The van der Waals surface area contributed by atoms with Crippen molar-refractivity contribution in [3.63, 3.8) is 0 Å². The normalized spacial score (nSPS) is 10.7. The minimum absolute atomic E-state index is 0.140. The molecule has 1 heterocycles. The maximum atomic E-state index is 12.2. The molecule has 1 aromatic heterocycles. The molecule has 0 fully saturated rings. The summed E-state index contributed by atoms with van der Waals surface area (Å²) >= 11 is 3.42. The van der Waals surface area contributed by atoms with Crippen molar-refractivity contribution in [1.29, 1.82) is 0 Å². The number of hydrogen-bond acceptors (Lipinski definition) is 2. The van der Waals surface area contributed by atoms with Crippen molar-refractivity contribution in [2.45, 2.75) is 6.92 Å². The Hall–Kier alpha value is -2.14. The fraction of sp³-hybridized carbons (Fsp3) is 0.0667. The van der Waals surface area contributed by atoms with Gasteiger partial charge >= 0.3 is 0 Å². The highest BCUT2D eigenvalue weighted by atomic mass is 79.9. The summed E-state index contributed by atoms with van der Waals surface area (Å²) in [4.78, 5) is 19.4. The number of amides is 1. The van der Waals surface area contributed by atoms with E-state index in [1.165, 1.54) is 0 Å². The Morgan fingerprint density at radius 1 is 1.25 bits per heavy atom. The molecule has 0 unspecified atom stereocenters. The first kappa shape index (κ1) is 12.9. The number of aromatic nitrogens is 2. The van der Waals surface area contributed by atoms with Crippen molar-refractivity contribution in [3.05, 3.63) is 58.3 Å². The first-order chi connectivity index (χ1) is 9.61. The van der Waals surface area contributed by atoms with Crippen molar-refractivity contribution < 1.29 is 4.79 Å². The molecule has 2 aromatic carbocycles. The zero-order valence-corrected chi connectivity index (χ0v) is 12.4. The summed E-state index contributed by atoms with van der Waals surface area (Å²) in [7, 11) is 0. The lowest BCUT2D eigenvalue weighted by Crippen LogP contribution is -2.11. The average Bonchev–Trinajstić information content (AvgIpc) is 2.84. The van der Waals surface area contributed by atoms with Crippen LogP contribution in [0.3, 0.4) is 0 Å². The molecule has 0 aliphatic carbocycles. The number of benzene rings is 2. The van der Waals surface area contributed by atoms with Gasteiger partial charge in [0.25, 0.3) is 5.91 Å². The molecule has 4 nitrogen and oxygen atoms in total. The molecule has 100 valence electrons. The van der Waals surface area contributed by atoms with Gasteiger partial charge in [-0.25, -0.2) is 4.98 Å². The van der Waals surface area contributed by atoms with Crippen molar-refractivity contribution in [3.8, 4) is 0 Å². The summed E-state index contributed by atoms with van der Waals surface area (Å²) in [5, 5.41) is 2.89. The highest BCUT2D eigenvalue weighted by Gasteiger charge is 2.08. The lowest BCUT2D eigenvalue weighted by atomic mass is 10.1. The lowest BCUT2D eigenvalue weighted by Gasteiger charge is -2.07. The first-order valence-electron chi connectivity index (χ1n) is 6.13. The van der Waals surface area contributed by atoms with E-state index >= 15 is 0 Å². The predicted molar refractivity (Wildman–Crippen MR) is 82.9 cm³/mol. The van der Waals surface area contributed by atoms with E-state index in [9.17, 15) is 4.79 Å². The van der Waals surface area contributed by atoms with Gasteiger partial charge in [-0.2, -0.15) is 0 Å². The van der Waals surface area contributed by atoms with Crippen LogP contribution in [0.2, 0.25) is 0 Å². The number of nitrogens with one attached hydrogen (secondary N) is 2. The Morgan fingerprint density at radius 2 is 2.10 bits per heavy atom. The second-order valence-corrected chi connectivity index (χ2v) is 5.52. The van der Waals surface area contributed by atoms with Gasteiger partial charge in [0.15, 0.2) is 0 Å². The van der Waals surface area contributed by atoms with E-state index in [-0.39, 0.29) is 5.91 Å². The fourth-order valence-corrected chi connectivity index (χ4v) is 2.70. The standard InChI is InChI=1S/C15H12BrN3O/c1-9-4-11(16)7-12(5-9)19-15(20)10-2-3-13-14(6-10)18-8-17-13/h2-8H,1H3,(H,17,18)(H,19,20). The quantitative estimate of drug-likeness (QED) is 0.749. The molecule has 1 amide bonds. The fourth-order valence-electron chi connectivity index (χ4n) is 2.09. The zero-order valence-electron chi connectivity index (χ0n) is 10.8. The number of H-pyrrole nitrogens is 1. The van der Waals surface area contributed by atoms with Gasteiger partial charge in [0.1, 0.15) is 0 Å². The highest BCUT2D eigenvalue weighted by molar-refractivity contribution is 9.10. The number of fused-ring (bicyclic) bond motifs is 1. The van der Waals surface area contributed by atoms with Gasteiger partial charge in [-0.3, -0.25) is 4.79 Å². The lowest BCUT2D eigenvalue weighted by molar-refractivity contribution is 0.102. The van der Waals surface area contributed by atoms with Crippen LogP contribution in [0.5, 0.6) is 0 Å². The van der Waals surface area contributed by atoms with Crippen LogP contribution in [0.25, 0.3) is 11.0 Å². The smallest absolute Gasteiger partial charge is 0.255 e. The van der Waals surface area contributed by atoms with Crippen LogP contribution < -0.4 is 5.32 Å². The van der Waals surface area contributed by atoms with Crippen LogP contribution in [0, 0.1) is 6.92 Å². The molecule has 0 radical (unpaired) electrons. The zero-order chi connectivity index (χ0) is 14.1. The number of carbonyl (C=O) groups is 1. The molecule has 5 heteroatoms. The third kappa shape index (κ3) is 2.58. The molecule has 0 aliphatic rings. The molecule has 0 aliphatic heterocycles. The summed E-state index contributed by atoms with van der Waals surface area (Å²) in [5.74, 6) is -0.140. The topological polar surface area (TPSA) is 57.8 Å². The molecule has 2 N–H and O–H groups in total. The Labute approximate surface area is 124 Å². The van der Waals surface area contributed by atoms with Crippen molar-refractivity contribution >= 4 is 38.6 Å². The van der Waals surface area contributed by atoms with Gasteiger partial charge in [-0.15, -0.1) is 0 Å². The molecular weight excluding hydrogens is 318 g/mol. The Kier molecular flexibility index (Phi) is 3.28. The van der Waals surface area contributed by atoms with E-state index in [4.69, 9.17) is 0 Å². The van der Waals surface area contributed by atoms with Gasteiger partial charge in [-0.1, -0.05) is 15.9 Å². The number of anilines is 1. The Morgan fingerprint density at radius 3 is 2.90 bits per heavy atom. The van der Waals surface area contributed by atoms with Gasteiger partial charge in [0.2, 0.25) is 0 Å². The van der Waals surface area contributed by atoms with E-state index in [0.29, 0.717) is 5.56 Å². The molecule has 0 bridgehead atoms. The van der Waals surface area contributed by atoms with Crippen molar-refractivity contribution in [2.75, 3.05) is 5.32 Å². The van der Waals surface area contributed by atoms with Crippen molar-refractivity contribution in [2.24, 2.45) is 0 Å². The number of hydrogen-bond donors (Lipinski definition) is 2. The summed E-state index contributed by atoms with van der Waals surface area (Å²) in [5.41, 5.74) is 4.15. The van der Waals surface area contributed by atoms with Gasteiger partial charge in [0, 0.05) is 15.7 Å². The van der Waals surface area contributed by atoms with Crippen LogP contribution in [0.1, 0.15) is 15.9 Å². The van der Waals surface area contributed by atoms with E-state index < -0.39 is 0 Å². The second-order valence-electron chi connectivity index (χ2n) is 4.61. The summed E-state index contributed by atoms with van der Waals surface area (Å²) in [6.07, 6.45) is 1.62. The van der Waals surface area contributed by atoms with Crippen LogP contribution in [-0.4, -0.2) is 15.9 Å². The molecule has 20 heavy (non-hydrogen) atoms. The molecule has 0 saturated heterocycles. The summed E-state index contributed by atoms with van der Waals surface area (Å²) < 4.78 is 0.942. The SMILES string of the molecule is Cc1cc(Br)cc(NC(=O)c2ccc3nc[nH]c3c2)c1. The number of carbonyl (C=O) groups excluding carboxylic acids is 1. The first-order valence-corrected chi connectivity index (χ1v) is 6.93. The predicted octanol–water partition coefficient (Wildman–Crippen LogP) is 3.89. The monoisotopic (exact) mass is 329 g/mol. The van der Waals surface area contributed by atoms with Gasteiger partial charge in [0.05, 0.1) is 17.4 Å². The van der Waals surface area contributed by atoms with Crippen LogP contribution in [0.15, 0.2) is 47.2 Å². The maximum Gasteiger partial charge on any atom is 0.255 e. The number of rotatable bonds is 2. The summed E-state index contributed by atoms with van der Waals surface area (Å²) in [6.45, 7) is 1.98. The number of aryl methyl sites for hydroxylation is 1. The molecule has 3 aromatic rings. The number of imidazole rings is 1. The van der Waals surface area contributed by atoms with Crippen molar-refractivity contribution in [1.82, 2.24) is 9.97 Å². The number of aromatic amines is 1. The molecule has 0 atom stereocenters. The van der Waals surface area contributed by atoms with Crippen LogP contribution >= 0.6 is 15.9 Å². The van der Waals surface area contributed by atoms with Gasteiger partial charge < -0.3 is 10.3 Å². The number of halogens is 1. The average molecular weight is 330 g/mol. The maximum absolute atomic E-state index is 12.2. The van der Waals surface area contributed by atoms with Gasteiger partial charge in [-0.05, 0) is 48.9 Å². The third-order valence-electron chi connectivity index (χ3n) is 2.98. The Bertz CT molecular complexity index is 774. The third-order valence-corrected chi connectivity index (χ3v) is 3.44. The van der Waals surface area contributed by atoms with E-state index in [0.717, 1.165) is 26.8 Å². The molecule has 0 spiro atoms.